The van der Waals surface area contributed by atoms with Crippen LogP contribution in [-0.4, -0.2) is 42.0 Å². The van der Waals surface area contributed by atoms with Gasteiger partial charge in [0.1, 0.15) is 0 Å². The van der Waals surface area contributed by atoms with Crippen LogP contribution in [0.5, 0.6) is 0 Å². The monoisotopic (exact) mass is 133 g/mol. The second kappa shape index (κ2) is 8.82. The topological polar surface area (TPSA) is 37.3 Å². The van der Waals surface area contributed by atoms with Gasteiger partial charge in [-0.1, -0.05) is 0 Å². The first-order chi connectivity index (χ1) is 1.41. The van der Waals surface area contributed by atoms with Crippen molar-refractivity contribution in [3.63, 3.8) is 0 Å². The van der Waals surface area contributed by atoms with E-state index < -0.39 is 14.7 Å². The molecule has 2 nitrogen and oxygen atoms in total. The Morgan fingerprint density at radius 1 is 2.00 bits per heavy atom. The molecule has 0 bridgehead atoms. The molecule has 0 radical (unpaired) electrons. The Morgan fingerprint density at radius 3 is 2.00 bits per heavy atom. The van der Waals surface area contributed by atoms with Crippen LogP contribution in [0, 0.1) is 0 Å². The van der Waals surface area contributed by atoms with Crippen LogP contribution < -0.4 is 0 Å². The van der Waals surface area contributed by atoms with E-state index in [-0.39, 0.29) is 40.6 Å². The fourth-order valence-corrected chi connectivity index (χ4v) is 0. The van der Waals surface area contributed by atoms with Crippen molar-refractivity contribution in [2.75, 3.05) is 0 Å². The van der Waals surface area contributed by atoms with Gasteiger partial charge in [-0.15, -0.1) is 0 Å². The zero-order valence-corrected chi connectivity index (χ0v) is 5.07. The third-order valence-corrected chi connectivity index (χ3v) is 0. The van der Waals surface area contributed by atoms with Gasteiger partial charge in [-0.05, 0) is 0 Å². The van der Waals surface area contributed by atoms with E-state index in [1.807, 2.05) is 0 Å². The summed E-state index contributed by atoms with van der Waals surface area (Å²) in [6, 6.07) is 0. The molecule has 1 N–H and O–H groups in total. The van der Waals surface area contributed by atoms with Crippen molar-refractivity contribution in [2.24, 2.45) is 0 Å². The van der Waals surface area contributed by atoms with Gasteiger partial charge < -0.3 is 2.85 Å². The molecule has 0 fully saturated rings. The molecule has 0 aliphatic carbocycles. The van der Waals surface area contributed by atoms with E-state index >= 15 is 0 Å². The van der Waals surface area contributed by atoms with Crippen molar-refractivity contribution in [3.8, 4) is 0 Å². The molecule has 0 aliphatic heterocycles. The summed E-state index contributed by atoms with van der Waals surface area (Å²) in [5.74, 6) is 0. The fourth-order valence-electron chi connectivity index (χ4n) is 0. The first kappa shape index (κ1) is 9.10. The first-order valence-corrected chi connectivity index (χ1v) is 1.12. The molecule has 0 aromatic rings. The van der Waals surface area contributed by atoms with E-state index in [0.29, 0.717) is 0 Å². The van der Waals surface area contributed by atoms with Crippen molar-refractivity contribution in [1.82, 2.24) is 0 Å². The number of hydrogen-bond donors (Lipinski definition) is 1. The molecule has 0 aromatic heterocycles. The van der Waals surface area contributed by atoms with Crippen molar-refractivity contribution in [3.05, 3.63) is 0 Å². The first-order valence-electron chi connectivity index (χ1n) is 0.271. The molecule has 0 unspecified atom stereocenters. The average Bonchev–Trinajstić information content (AvgIpc) is 0.918. The van der Waals surface area contributed by atoms with Crippen LogP contribution in [0.25, 0.3) is 0 Å². The van der Waals surface area contributed by atoms with Gasteiger partial charge in [0.25, 0.3) is 0 Å². The number of hydrogen-bond acceptors (Lipinski definition) is 1. The molecule has 0 amide bonds. The zero-order valence-electron chi connectivity index (χ0n) is 3.88. The summed E-state index contributed by atoms with van der Waals surface area (Å²) in [6.45, 7) is 0. The molecule has 0 aromatic carbocycles. The van der Waals surface area contributed by atoms with Gasteiger partial charge in [-0.3, -0.25) is 0 Å². The second-order valence-corrected chi connectivity index (χ2v) is 0.238. The Kier molecular flexibility index (Phi) is 20.1. The van der Waals surface area contributed by atoms with E-state index in [1.54, 1.807) is 0 Å². The molecule has 0 saturated heterocycles. The Morgan fingerprint density at radius 2 is 2.00 bits per heavy atom. The van der Waals surface area contributed by atoms with E-state index in [9.17, 15) is 0 Å². The summed E-state index contributed by atoms with van der Waals surface area (Å²) in [5.41, 5.74) is 0. The Bertz CT molecular complexity index is 19.0. The molecule has 0 saturated carbocycles. The number of rotatable bonds is 0. The molecule has 0 heterocycles. The summed E-state index contributed by atoms with van der Waals surface area (Å²) in [6.07, 6.45) is 0. The summed E-state index contributed by atoms with van der Waals surface area (Å²) >= 11 is -0.625. The summed E-state index contributed by atoms with van der Waals surface area (Å²) < 4.78 is 15.4. The van der Waals surface area contributed by atoms with E-state index in [0.717, 1.165) is 0 Å². The summed E-state index contributed by atoms with van der Waals surface area (Å²) in [7, 11) is 0. The van der Waals surface area contributed by atoms with Crippen molar-refractivity contribution in [1.29, 1.82) is 0 Å². The van der Waals surface area contributed by atoms with Crippen LogP contribution in [0.15, 0.2) is 0 Å². The Balaban J connectivity index is -0.00000000667. The summed E-state index contributed by atoms with van der Waals surface area (Å²) in [5, 5.41) is 0. The molecular formula is H3CaNiO2. The maximum absolute atomic E-state index is 8.42. The van der Waals surface area contributed by atoms with Gasteiger partial charge in [-0.25, -0.2) is 0 Å². The maximum atomic E-state index is 8.42. The Labute approximate surface area is 62.9 Å². The van der Waals surface area contributed by atoms with Gasteiger partial charge in [0.2, 0.25) is 0 Å². The van der Waals surface area contributed by atoms with Gasteiger partial charge in [0, 0.05) is 0 Å². The normalized spacial score (nSPS) is 5.25. The standard InChI is InChI=1S/Ca.Ni.H2O.O.2H/h;;1H2;;;/q+2;+1;;;2*-1/p-1. The minimum atomic E-state index is -0.625. The molecule has 4 heavy (non-hydrogen) atoms. The predicted molar refractivity (Wildman–Crippen MR) is 10.9 cm³/mol. The molecule has 27 valence electrons. The van der Waals surface area contributed by atoms with Gasteiger partial charge in [-0.2, -0.15) is 0 Å². The van der Waals surface area contributed by atoms with E-state index in [2.05, 4.69) is 0 Å². The van der Waals surface area contributed by atoms with Crippen LogP contribution in [-0.2, 0) is 18.6 Å². The SMILES string of the molecule is [Ca+2].[H-].[H-].[O]=[Ni][OH]. The average molecular weight is 134 g/mol. The van der Waals surface area contributed by atoms with Crippen molar-refractivity contribution in [2.45, 2.75) is 0 Å². The summed E-state index contributed by atoms with van der Waals surface area (Å²) in [4.78, 5) is 0. The third-order valence-electron chi connectivity index (χ3n) is 0. The molecule has 4 heteroatoms. The van der Waals surface area contributed by atoms with Gasteiger partial charge in [0.15, 0.2) is 0 Å². The van der Waals surface area contributed by atoms with E-state index in [4.69, 9.17) is 8.15 Å². The van der Waals surface area contributed by atoms with Crippen LogP contribution in [0.3, 0.4) is 0 Å². The second-order valence-electron chi connectivity index (χ2n) is 0.0577. The quantitative estimate of drug-likeness (QED) is 0.438. The minimum absolute atomic E-state index is 0. The fraction of sp³-hybridized carbons (Fsp3) is 0. The Hall–Kier alpha value is 1.51. The molecular weight excluding hydrogens is 131 g/mol. The molecule has 0 rings (SSSR count). The predicted octanol–water partition coefficient (Wildman–Crippen LogP) is -0.834. The molecule has 0 atom stereocenters. The van der Waals surface area contributed by atoms with Crippen molar-refractivity contribution >= 4 is 37.7 Å². The van der Waals surface area contributed by atoms with E-state index in [1.165, 1.54) is 0 Å². The molecule has 0 spiro atoms. The van der Waals surface area contributed by atoms with Crippen LogP contribution in [0.4, 0.5) is 0 Å². The van der Waals surface area contributed by atoms with Crippen molar-refractivity contribution < 1.29 is 25.7 Å². The van der Waals surface area contributed by atoms with Crippen LogP contribution >= 0.6 is 0 Å². The zero-order chi connectivity index (χ0) is 2.71. The van der Waals surface area contributed by atoms with Gasteiger partial charge in [0.05, 0.1) is 0 Å². The van der Waals surface area contributed by atoms with Gasteiger partial charge >= 0.3 is 60.6 Å². The third kappa shape index (κ3) is 9.69. The van der Waals surface area contributed by atoms with Crippen LogP contribution in [0.1, 0.15) is 2.85 Å². The molecule has 0 aliphatic rings. The van der Waals surface area contributed by atoms with Crippen LogP contribution in [0.2, 0.25) is 0 Å².